The Hall–Kier alpha value is -2.43. The van der Waals surface area contributed by atoms with Gasteiger partial charge < -0.3 is 0 Å². The Bertz CT molecular complexity index is 1510. The van der Waals surface area contributed by atoms with Crippen LogP contribution in [-0.2, 0) is 35.8 Å². The second kappa shape index (κ2) is 43.5. The SMILES string of the molecule is CCCCCCCCCCCC=CCCc1ccccc1N=C(C#CCCCCCCCCCCCCCCCCC)C(CC)=Nc1ccc(CCCCC)c(CCCCC)c1.[Ni]. The molecule has 3 heteroatoms. The van der Waals surface area contributed by atoms with E-state index in [1.54, 1.807) is 0 Å². The van der Waals surface area contributed by atoms with Crippen molar-refractivity contribution in [1.82, 2.24) is 0 Å². The molecule has 0 heterocycles. The monoisotopic (exact) mass is 905 g/mol. The van der Waals surface area contributed by atoms with E-state index in [0.717, 1.165) is 54.9 Å². The molecule has 2 aromatic carbocycles. The van der Waals surface area contributed by atoms with Crippen molar-refractivity contribution in [3.8, 4) is 11.8 Å². The van der Waals surface area contributed by atoms with Crippen molar-refractivity contribution in [2.24, 2.45) is 9.98 Å². The molecule has 2 rings (SSSR count). The summed E-state index contributed by atoms with van der Waals surface area (Å²) in [4.78, 5) is 10.7. The normalized spacial score (nSPS) is 11.9. The average molecular weight is 906 g/mol. The van der Waals surface area contributed by atoms with Crippen LogP contribution in [0.3, 0.4) is 0 Å². The van der Waals surface area contributed by atoms with E-state index in [1.165, 1.54) is 222 Å². The van der Waals surface area contributed by atoms with Gasteiger partial charge in [0.25, 0.3) is 0 Å². The Morgan fingerprint density at radius 2 is 0.921 bits per heavy atom. The molecule has 0 saturated carbocycles. The van der Waals surface area contributed by atoms with Gasteiger partial charge in [0, 0.05) is 22.9 Å². The van der Waals surface area contributed by atoms with Crippen molar-refractivity contribution in [3.05, 3.63) is 71.3 Å². The van der Waals surface area contributed by atoms with Crippen molar-refractivity contribution >= 4 is 22.8 Å². The van der Waals surface area contributed by atoms with E-state index in [2.05, 4.69) is 101 Å². The van der Waals surface area contributed by atoms with Crippen LogP contribution in [0.1, 0.15) is 270 Å². The van der Waals surface area contributed by atoms with Crippen LogP contribution in [0.2, 0.25) is 0 Å². The third-order valence-corrected chi connectivity index (χ3v) is 12.7. The molecule has 0 aliphatic carbocycles. The van der Waals surface area contributed by atoms with Gasteiger partial charge in [-0.25, -0.2) is 4.99 Å². The largest absolute Gasteiger partial charge is 0.251 e. The molecule has 0 spiro atoms. The first-order valence-corrected chi connectivity index (χ1v) is 27.2. The van der Waals surface area contributed by atoms with Gasteiger partial charge >= 0.3 is 0 Å². The average Bonchev–Trinajstić information content (AvgIpc) is 3.29. The third kappa shape index (κ3) is 31.2. The zero-order valence-corrected chi connectivity index (χ0v) is 43.1. The number of para-hydroxylation sites is 1. The number of aryl methyl sites for hydroxylation is 3. The van der Waals surface area contributed by atoms with Gasteiger partial charge in [-0.3, -0.25) is 4.99 Å². The molecule has 0 aliphatic rings. The second-order valence-corrected chi connectivity index (χ2v) is 18.5. The summed E-state index contributed by atoms with van der Waals surface area (Å²) >= 11 is 0. The first-order valence-electron chi connectivity index (χ1n) is 27.2. The molecule has 0 aromatic heterocycles. The molecule has 2 nitrogen and oxygen atoms in total. The van der Waals surface area contributed by atoms with Crippen LogP contribution in [0.25, 0.3) is 0 Å². The van der Waals surface area contributed by atoms with Gasteiger partial charge in [0.1, 0.15) is 5.71 Å². The third-order valence-electron chi connectivity index (χ3n) is 12.7. The van der Waals surface area contributed by atoms with Crippen LogP contribution in [0.5, 0.6) is 0 Å². The molecule has 0 N–H and O–H groups in total. The Morgan fingerprint density at radius 3 is 1.48 bits per heavy atom. The molecule has 63 heavy (non-hydrogen) atoms. The zero-order chi connectivity index (χ0) is 44.4. The van der Waals surface area contributed by atoms with Crippen molar-refractivity contribution in [2.45, 2.75) is 272 Å². The zero-order valence-electron chi connectivity index (χ0n) is 42.1. The number of hydrogen-bond acceptors (Lipinski definition) is 2. The van der Waals surface area contributed by atoms with Crippen LogP contribution in [-0.4, -0.2) is 11.4 Å². The van der Waals surface area contributed by atoms with Gasteiger partial charge in [0.15, 0.2) is 0 Å². The van der Waals surface area contributed by atoms with E-state index < -0.39 is 0 Å². The quantitative estimate of drug-likeness (QED) is 0.0209. The predicted octanol–water partition coefficient (Wildman–Crippen LogP) is 20.1. The second-order valence-electron chi connectivity index (χ2n) is 18.5. The van der Waals surface area contributed by atoms with Gasteiger partial charge in [0.05, 0.1) is 17.1 Å². The molecule has 0 aliphatic heterocycles. The Kier molecular flexibility index (Phi) is 40.4. The van der Waals surface area contributed by atoms with Crippen molar-refractivity contribution in [3.63, 3.8) is 0 Å². The van der Waals surface area contributed by atoms with E-state index in [4.69, 9.17) is 9.98 Å². The molecule has 0 atom stereocenters. The van der Waals surface area contributed by atoms with E-state index in [1.807, 2.05) is 0 Å². The van der Waals surface area contributed by atoms with Crippen molar-refractivity contribution in [2.75, 3.05) is 0 Å². The Labute approximate surface area is 402 Å². The fraction of sp³-hybridized carbons (Fsp3) is 0.700. The maximum Gasteiger partial charge on any atom is 0.135 e. The van der Waals surface area contributed by atoms with Crippen LogP contribution in [0.4, 0.5) is 11.4 Å². The van der Waals surface area contributed by atoms with Gasteiger partial charge in [-0.05, 0) is 105 Å². The number of hydrogen-bond donors (Lipinski definition) is 0. The number of unbranched alkanes of at least 4 members (excludes halogenated alkanes) is 28. The predicted molar refractivity (Wildman–Crippen MR) is 280 cm³/mol. The maximum atomic E-state index is 5.36. The Balaban J connectivity index is 0.0000198. The first-order chi connectivity index (χ1) is 30.7. The van der Waals surface area contributed by atoms with Crippen LogP contribution < -0.4 is 0 Å². The number of nitrogens with zero attached hydrogens (tertiary/aromatic N) is 2. The smallest absolute Gasteiger partial charge is 0.135 e. The number of aliphatic imine (C=N–C) groups is 2. The van der Waals surface area contributed by atoms with Crippen LogP contribution >= 0.6 is 0 Å². The van der Waals surface area contributed by atoms with Gasteiger partial charge in [-0.1, -0.05) is 244 Å². The van der Waals surface area contributed by atoms with Crippen LogP contribution in [0, 0.1) is 11.8 Å². The minimum atomic E-state index is 0. The molecule has 0 bridgehead atoms. The van der Waals surface area contributed by atoms with Gasteiger partial charge in [0.2, 0.25) is 0 Å². The summed E-state index contributed by atoms with van der Waals surface area (Å²) < 4.78 is 0. The van der Waals surface area contributed by atoms with Gasteiger partial charge in [-0.2, -0.15) is 0 Å². The van der Waals surface area contributed by atoms with E-state index >= 15 is 0 Å². The molecule has 0 unspecified atom stereocenters. The molecular formula is C60H98N2Ni. The molecule has 358 valence electrons. The van der Waals surface area contributed by atoms with E-state index in [-0.39, 0.29) is 16.5 Å². The summed E-state index contributed by atoms with van der Waals surface area (Å²) in [7, 11) is 0. The summed E-state index contributed by atoms with van der Waals surface area (Å²) in [5, 5.41) is 0. The summed E-state index contributed by atoms with van der Waals surface area (Å²) in [5.41, 5.74) is 8.25. The minimum Gasteiger partial charge on any atom is -0.251 e. The number of rotatable bonds is 40. The first kappa shape index (κ1) is 58.6. The van der Waals surface area contributed by atoms with Crippen molar-refractivity contribution < 1.29 is 16.5 Å². The summed E-state index contributed by atoms with van der Waals surface area (Å²) in [6.07, 6.45) is 52.9. The number of benzene rings is 2. The molecule has 0 fully saturated rings. The maximum absolute atomic E-state index is 5.36. The fourth-order valence-electron chi connectivity index (χ4n) is 8.64. The standard InChI is InChI=1S/C60H98N2.Ni/c1-6-11-15-17-19-21-23-25-26-27-28-30-32-34-36-38-42-50-60(58(10-5)61-57-52-51-54(45-39-13-8-3)56(53-57)48-40-14-9-4)62-59-49-44-43-47-55(59)46-41-37-35-33-31-29-24-22-20-18-16-12-7-2;/h35,37,43-44,47,49,51-53H,6-34,36,38-41,45-46,48H2,1-5H3;. The van der Waals surface area contributed by atoms with E-state index in [0.29, 0.717) is 0 Å². The fourth-order valence-corrected chi connectivity index (χ4v) is 8.64. The van der Waals surface area contributed by atoms with E-state index in [9.17, 15) is 0 Å². The van der Waals surface area contributed by atoms with Gasteiger partial charge in [-0.15, -0.1) is 0 Å². The molecule has 0 saturated heterocycles. The molecule has 0 radical (unpaired) electrons. The molecule has 0 amide bonds. The number of allylic oxidation sites excluding steroid dienone is 2. The molecule has 2 aromatic rings. The summed E-state index contributed by atoms with van der Waals surface area (Å²) in [6.45, 7) is 11.4. The topological polar surface area (TPSA) is 24.7 Å². The minimum absolute atomic E-state index is 0. The molecular weight excluding hydrogens is 807 g/mol. The summed E-state index contributed by atoms with van der Waals surface area (Å²) in [5.74, 6) is 7.17. The summed E-state index contributed by atoms with van der Waals surface area (Å²) in [6, 6.07) is 15.7. The van der Waals surface area contributed by atoms with Crippen molar-refractivity contribution in [1.29, 1.82) is 0 Å². The van der Waals surface area contributed by atoms with Crippen LogP contribution in [0.15, 0.2) is 64.6 Å². The Morgan fingerprint density at radius 1 is 0.444 bits per heavy atom.